The van der Waals surface area contributed by atoms with Crippen LogP contribution in [0, 0.1) is 17.6 Å². The second-order valence-electron chi connectivity index (χ2n) is 4.10. The van der Waals surface area contributed by atoms with Gasteiger partial charge in [0.1, 0.15) is 11.5 Å². The fourth-order valence-electron chi connectivity index (χ4n) is 1.74. The third-order valence-electron chi connectivity index (χ3n) is 2.59. The molecule has 2 rings (SSSR count). The molecule has 0 N–H and O–H groups in total. The van der Waals surface area contributed by atoms with Crippen LogP contribution in [0.5, 0.6) is 0 Å². The minimum atomic E-state index is -0.655. The maximum Gasteiger partial charge on any atom is 0.229 e. The topological polar surface area (TPSA) is 75.5 Å². The van der Waals surface area contributed by atoms with Gasteiger partial charge < -0.3 is 0 Å². The Kier molecular flexibility index (Phi) is 3.79. The number of halogens is 1. The van der Waals surface area contributed by atoms with E-state index < -0.39 is 11.7 Å². The lowest BCUT2D eigenvalue weighted by molar-refractivity contribution is -0.115. The van der Waals surface area contributed by atoms with E-state index in [1.807, 2.05) is 0 Å². The minimum absolute atomic E-state index is 0.0283. The Hall–Kier alpha value is -2.70. The van der Waals surface area contributed by atoms with Gasteiger partial charge in [-0.2, -0.15) is 0 Å². The zero-order valence-electron chi connectivity index (χ0n) is 10.9. The molecule has 2 aromatic heterocycles. The monoisotopic (exact) mass is 274 g/mol. The molecule has 0 fully saturated rings. The van der Waals surface area contributed by atoms with E-state index in [0.717, 1.165) is 11.1 Å². The molecule has 0 radical (unpaired) electrons. The summed E-state index contributed by atoms with van der Waals surface area (Å²) in [5.41, 5.74) is 0.685. The number of nitroso groups, excluding NO2 is 1. The standard InChI is InChI=1S/C13H11FN4O2/c1-8-5-12(11(14)7-16-8)18(9(2)19)13-6-10(17-20)3-4-15-13/h3-7H,1-2H3. The summed E-state index contributed by atoms with van der Waals surface area (Å²) in [5.74, 6) is -0.971. The van der Waals surface area contributed by atoms with Crippen LogP contribution in [-0.4, -0.2) is 15.9 Å². The van der Waals surface area contributed by atoms with E-state index in [1.54, 1.807) is 6.92 Å². The lowest BCUT2D eigenvalue weighted by Gasteiger charge is -2.20. The van der Waals surface area contributed by atoms with Crippen molar-refractivity contribution in [1.29, 1.82) is 0 Å². The van der Waals surface area contributed by atoms with Crippen LogP contribution in [0.25, 0.3) is 0 Å². The summed E-state index contributed by atoms with van der Waals surface area (Å²) in [4.78, 5) is 31.2. The Morgan fingerprint density at radius 1 is 1.35 bits per heavy atom. The second kappa shape index (κ2) is 5.52. The summed E-state index contributed by atoms with van der Waals surface area (Å²) in [5, 5.41) is 2.77. The summed E-state index contributed by atoms with van der Waals surface area (Å²) in [6.07, 6.45) is 2.36. The molecule has 6 nitrogen and oxygen atoms in total. The average molecular weight is 274 g/mol. The van der Waals surface area contributed by atoms with E-state index in [-0.39, 0.29) is 17.2 Å². The van der Waals surface area contributed by atoms with Crippen LogP contribution >= 0.6 is 0 Å². The van der Waals surface area contributed by atoms with Crippen molar-refractivity contribution in [3.63, 3.8) is 0 Å². The SMILES string of the molecule is CC(=O)N(c1cc(N=O)ccn1)c1cc(C)ncc1F. The normalized spacial score (nSPS) is 10.2. The number of amides is 1. The molecule has 2 heterocycles. The molecule has 20 heavy (non-hydrogen) atoms. The molecule has 0 aliphatic carbocycles. The van der Waals surface area contributed by atoms with E-state index in [4.69, 9.17) is 0 Å². The third-order valence-corrected chi connectivity index (χ3v) is 2.59. The Balaban J connectivity index is 2.59. The molecule has 1 amide bonds. The van der Waals surface area contributed by atoms with Gasteiger partial charge in [-0.05, 0) is 24.2 Å². The highest BCUT2D eigenvalue weighted by molar-refractivity contribution is 5.98. The number of hydrogen-bond acceptors (Lipinski definition) is 5. The molecule has 0 aromatic carbocycles. The number of anilines is 2. The molecule has 102 valence electrons. The van der Waals surface area contributed by atoms with Crippen molar-refractivity contribution in [1.82, 2.24) is 9.97 Å². The van der Waals surface area contributed by atoms with Crippen molar-refractivity contribution < 1.29 is 9.18 Å². The Bertz CT molecular complexity index is 675. The van der Waals surface area contributed by atoms with E-state index in [2.05, 4.69) is 15.1 Å². The van der Waals surface area contributed by atoms with Gasteiger partial charge in [-0.1, -0.05) is 0 Å². The predicted octanol–water partition coefficient (Wildman–Crippen LogP) is 3.01. The average Bonchev–Trinajstić information content (AvgIpc) is 2.43. The van der Waals surface area contributed by atoms with Gasteiger partial charge in [-0.3, -0.25) is 14.7 Å². The fraction of sp³-hybridized carbons (Fsp3) is 0.154. The summed E-state index contributed by atoms with van der Waals surface area (Å²) >= 11 is 0. The van der Waals surface area contributed by atoms with Gasteiger partial charge in [0.15, 0.2) is 5.82 Å². The number of carbonyl (C=O) groups excluding carboxylic acids is 1. The molecule has 0 atom stereocenters. The number of aryl methyl sites for hydroxylation is 1. The van der Waals surface area contributed by atoms with Crippen LogP contribution in [0.1, 0.15) is 12.6 Å². The van der Waals surface area contributed by atoms with Crippen molar-refractivity contribution in [2.75, 3.05) is 4.90 Å². The first kappa shape index (κ1) is 13.7. The van der Waals surface area contributed by atoms with E-state index in [1.165, 1.54) is 31.3 Å². The number of rotatable bonds is 3. The number of nitrogens with zero attached hydrogens (tertiary/aromatic N) is 4. The quantitative estimate of drug-likeness (QED) is 0.806. The predicted molar refractivity (Wildman–Crippen MR) is 71.4 cm³/mol. The van der Waals surface area contributed by atoms with Gasteiger partial charge in [-0.15, -0.1) is 4.91 Å². The highest BCUT2D eigenvalue weighted by Crippen LogP contribution is 2.28. The third kappa shape index (κ3) is 2.66. The number of carbonyl (C=O) groups is 1. The molecule has 0 unspecified atom stereocenters. The fourth-order valence-corrected chi connectivity index (χ4v) is 1.74. The van der Waals surface area contributed by atoms with Crippen LogP contribution in [-0.2, 0) is 4.79 Å². The number of pyridine rings is 2. The van der Waals surface area contributed by atoms with E-state index in [0.29, 0.717) is 5.69 Å². The molecule has 0 saturated carbocycles. The lowest BCUT2D eigenvalue weighted by atomic mass is 10.2. The minimum Gasteiger partial charge on any atom is -0.274 e. The van der Waals surface area contributed by atoms with Gasteiger partial charge in [0.05, 0.1) is 11.9 Å². The van der Waals surface area contributed by atoms with Crippen LogP contribution in [0.15, 0.2) is 35.8 Å². The molecular formula is C13H11FN4O2. The van der Waals surface area contributed by atoms with E-state index >= 15 is 0 Å². The van der Waals surface area contributed by atoms with Gasteiger partial charge >= 0.3 is 0 Å². The molecular weight excluding hydrogens is 263 g/mol. The van der Waals surface area contributed by atoms with Crippen molar-refractivity contribution >= 4 is 23.1 Å². The smallest absolute Gasteiger partial charge is 0.229 e. The zero-order chi connectivity index (χ0) is 14.7. The van der Waals surface area contributed by atoms with Crippen molar-refractivity contribution in [3.05, 3.63) is 47.0 Å². The number of aromatic nitrogens is 2. The molecule has 2 aromatic rings. The molecule has 0 aliphatic heterocycles. The summed E-state index contributed by atoms with van der Waals surface area (Å²) in [6.45, 7) is 2.95. The molecule has 0 bridgehead atoms. The lowest BCUT2D eigenvalue weighted by Crippen LogP contribution is -2.25. The highest BCUT2D eigenvalue weighted by Gasteiger charge is 2.20. The van der Waals surface area contributed by atoms with Crippen LogP contribution in [0.2, 0.25) is 0 Å². The highest BCUT2D eigenvalue weighted by atomic mass is 19.1. The van der Waals surface area contributed by atoms with Gasteiger partial charge in [-0.25, -0.2) is 9.37 Å². The maximum absolute atomic E-state index is 13.9. The van der Waals surface area contributed by atoms with Crippen LogP contribution < -0.4 is 4.90 Å². The van der Waals surface area contributed by atoms with Crippen LogP contribution in [0.3, 0.4) is 0 Å². The first-order chi connectivity index (χ1) is 9.52. The summed E-state index contributed by atoms with van der Waals surface area (Å²) in [7, 11) is 0. The summed E-state index contributed by atoms with van der Waals surface area (Å²) in [6, 6.07) is 4.13. The second-order valence-corrected chi connectivity index (χ2v) is 4.10. The molecule has 0 aliphatic rings. The Morgan fingerprint density at radius 2 is 2.10 bits per heavy atom. The van der Waals surface area contributed by atoms with Gasteiger partial charge in [0.2, 0.25) is 5.91 Å². The first-order valence-corrected chi connectivity index (χ1v) is 5.75. The van der Waals surface area contributed by atoms with E-state index in [9.17, 15) is 14.1 Å². The number of hydrogen-bond donors (Lipinski definition) is 0. The Labute approximate surface area is 114 Å². The van der Waals surface area contributed by atoms with Gasteiger partial charge in [0, 0.05) is 24.9 Å². The Morgan fingerprint density at radius 3 is 2.75 bits per heavy atom. The maximum atomic E-state index is 13.9. The largest absolute Gasteiger partial charge is 0.274 e. The van der Waals surface area contributed by atoms with Crippen LogP contribution in [0.4, 0.5) is 21.6 Å². The molecule has 0 saturated heterocycles. The van der Waals surface area contributed by atoms with Crippen molar-refractivity contribution in [2.45, 2.75) is 13.8 Å². The first-order valence-electron chi connectivity index (χ1n) is 5.75. The molecule has 7 heteroatoms. The summed E-state index contributed by atoms with van der Waals surface area (Å²) < 4.78 is 13.9. The van der Waals surface area contributed by atoms with Crippen molar-refractivity contribution in [3.8, 4) is 0 Å². The van der Waals surface area contributed by atoms with Gasteiger partial charge in [0.25, 0.3) is 0 Å². The van der Waals surface area contributed by atoms with Crippen molar-refractivity contribution in [2.24, 2.45) is 5.18 Å². The molecule has 0 spiro atoms. The zero-order valence-corrected chi connectivity index (χ0v) is 10.9.